The topological polar surface area (TPSA) is 52.4 Å². The number of morpholine rings is 1. The van der Waals surface area contributed by atoms with E-state index in [2.05, 4.69) is 40.2 Å². The minimum absolute atomic E-state index is 0.0649. The molecule has 1 fully saturated rings. The highest BCUT2D eigenvalue weighted by molar-refractivity contribution is 5.78. The molecular formula is C26H27FN4O2. The molecule has 33 heavy (non-hydrogen) atoms. The first kappa shape index (κ1) is 21.6. The summed E-state index contributed by atoms with van der Waals surface area (Å²) >= 11 is 0. The Kier molecular flexibility index (Phi) is 6.32. The minimum Gasteiger partial charge on any atom is -0.493 e. The van der Waals surface area contributed by atoms with Crippen LogP contribution in [-0.4, -0.2) is 46.0 Å². The number of nitrogens with zero attached hydrogens (tertiary/aromatic N) is 4. The van der Waals surface area contributed by atoms with E-state index in [-0.39, 0.29) is 11.9 Å². The van der Waals surface area contributed by atoms with Crippen molar-refractivity contribution in [2.75, 3.05) is 26.3 Å². The first-order valence-electron chi connectivity index (χ1n) is 11.2. The normalized spacial score (nSPS) is 16.8. The highest BCUT2D eigenvalue weighted by Crippen LogP contribution is 2.24. The van der Waals surface area contributed by atoms with Crippen molar-refractivity contribution in [2.45, 2.75) is 19.1 Å². The molecule has 3 heterocycles. The Bertz CT molecular complexity index is 1240. The van der Waals surface area contributed by atoms with Gasteiger partial charge in [0.1, 0.15) is 17.7 Å². The molecule has 2 aromatic carbocycles. The molecule has 0 spiro atoms. The number of aromatic nitrogens is 3. The predicted octanol–water partition coefficient (Wildman–Crippen LogP) is 4.30. The van der Waals surface area contributed by atoms with Crippen LogP contribution in [0, 0.1) is 5.82 Å². The van der Waals surface area contributed by atoms with E-state index in [1.54, 1.807) is 12.1 Å². The highest BCUT2D eigenvalue weighted by atomic mass is 19.1. The van der Waals surface area contributed by atoms with E-state index in [0.29, 0.717) is 25.4 Å². The van der Waals surface area contributed by atoms with Gasteiger partial charge in [0, 0.05) is 56.4 Å². The molecule has 2 aromatic heterocycles. The van der Waals surface area contributed by atoms with E-state index in [1.165, 1.54) is 17.7 Å². The van der Waals surface area contributed by atoms with Crippen molar-refractivity contribution in [3.05, 3.63) is 89.6 Å². The van der Waals surface area contributed by atoms with Crippen LogP contribution in [0.4, 0.5) is 4.39 Å². The quantitative estimate of drug-likeness (QED) is 0.424. The molecule has 170 valence electrons. The van der Waals surface area contributed by atoms with Gasteiger partial charge in [-0.2, -0.15) is 5.10 Å². The van der Waals surface area contributed by atoms with Crippen LogP contribution in [-0.2, 0) is 24.8 Å². The van der Waals surface area contributed by atoms with Crippen LogP contribution in [0.1, 0.15) is 23.1 Å². The number of halogens is 1. The molecule has 6 nitrogen and oxygen atoms in total. The van der Waals surface area contributed by atoms with Crippen LogP contribution in [0.5, 0.6) is 5.75 Å². The first-order valence-corrected chi connectivity index (χ1v) is 11.2. The lowest BCUT2D eigenvalue weighted by Crippen LogP contribution is -2.38. The number of hydrogen-bond donors (Lipinski definition) is 0. The summed E-state index contributed by atoms with van der Waals surface area (Å²) in [5.74, 6) is 0.239. The van der Waals surface area contributed by atoms with Crippen molar-refractivity contribution in [1.29, 1.82) is 0 Å². The zero-order valence-corrected chi connectivity index (χ0v) is 18.7. The molecule has 0 N–H and O–H groups in total. The standard InChI is InChI=1S/C26H27FN4O2/c1-30-22(9-12-32-23-6-2-5-21(27)15-23)16-25(29-30)26-18-31(11-13-33-26)17-19-7-8-24-20(14-19)4-3-10-28-24/h2-8,10,14-16,26H,9,11-13,17-18H2,1H3. The summed E-state index contributed by atoms with van der Waals surface area (Å²) in [6, 6.07) is 18.8. The number of aryl methyl sites for hydroxylation is 1. The second-order valence-electron chi connectivity index (χ2n) is 8.36. The summed E-state index contributed by atoms with van der Waals surface area (Å²) in [4.78, 5) is 6.81. The van der Waals surface area contributed by atoms with Gasteiger partial charge in [-0.1, -0.05) is 18.2 Å². The predicted molar refractivity (Wildman–Crippen MR) is 125 cm³/mol. The van der Waals surface area contributed by atoms with E-state index in [4.69, 9.17) is 14.6 Å². The summed E-state index contributed by atoms with van der Waals surface area (Å²) in [5.41, 5.74) is 4.28. The number of ether oxygens (including phenoxy) is 2. The largest absolute Gasteiger partial charge is 0.493 e. The maximum absolute atomic E-state index is 13.3. The number of pyridine rings is 1. The summed E-state index contributed by atoms with van der Waals surface area (Å²) in [5, 5.41) is 5.86. The molecular weight excluding hydrogens is 419 g/mol. The van der Waals surface area contributed by atoms with Gasteiger partial charge in [-0.25, -0.2) is 4.39 Å². The molecule has 7 heteroatoms. The smallest absolute Gasteiger partial charge is 0.126 e. The minimum atomic E-state index is -0.297. The van der Waals surface area contributed by atoms with Gasteiger partial charge in [0.2, 0.25) is 0 Å². The second-order valence-corrected chi connectivity index (χ2v) is 8.36. The van der Waals surface area contributed by atoms with E-state index < -0.39 is 0 Å². The fourth-order valence-corrected chi connectivity index (χ4v) is 4.26. The fraction of sp³-hybridized carbons (Fsp3) is 0.308. The van der Waals surface area contributed by atoms with Crippen molar-refractivity contribution >= 4 is 10.9 Å². The Morgan fingerprint density at radius 1 is 1.12 bits per heavy atom. The third-order valence-electron chi connectivity index (χ3n) is 5.97. The summed E-state index contributed by atoms with van der Waals surface area (Å²) in [6.07, 6.45) is 2.44. The van der Waals surface area contributed by atoms with Gasteiger partial charge in [0.05, 0.1) is 24.4 Å². The van der Waals surface area contributed by atoms with E-state index >= 15 is 0 Å². The van der Waals surface area contributed by atoms with Gasteiger partial charge in [0.15, 0.2) is 0 Å². The van der Waals surface area contributed by atoms with Crippen molar-refractivity contribution in [2.24, 2.45) is 7.05 Å². The van der Waals surface area contributed by atoms with Gasteiger partial charge < -0.3 is 9.47 Å². The Balaban J connectivity index is 1.20. The summed E-state index contributed by atoms with van der Waals surface area (Å²) < 4.78 is 26.9. The lowest BCUT2D eigenvalue weighted by molar-refractivity contribution is -0.0352. The monoisotopic (exact) mass is 446 g/mol. The van der Waals surface area contributed by atoms with Crippen LogP contribution < -0.4 is 4.74 Å². The fourth-order valence-electron chi connectivity index (χ4n) is 4.26. The lowest BCUT2D eigenvalue weighted by atomic mass is 10.1. The molecule has 0 aliphatic carbocycles. The zero-order chi connectivity index (χ0) is 22.6. The first-order chi connectivity index (χ1) is 16.1. The van der Waals surface area contributed by atoms with E-state index in [1.807, 2.05) is 24.0 Å². The van der Waals surface area contributed by atoms with Crippen LogP contribution in [0.15, 0.2) is 66.9 Å². The molecule has 1 saturated heterocycles. The SMILES string of the molecule is Cn1nc(C2CN(Cc3ccc4ncccc4c3)CCO2)cc1CCOc1cccc(F)c1. The molecule has 1 atom stereocenters. The van der Waals surface area contributed by atoms with Crippen molar-refractivity contribution in [3.63, 3.8) is 0 Å². The molecule has 1 aliphatic rings. The van der Waals surface area contributed by atoms with E-state index in [9.17, 15) is 4.39 Å². The third kappa shape index (κ3) is 5.21. The lowest BCUT2D eigenvalue weighted by Gasteiger charge is -2.32. The Morgan fingerprint density at radius 3 is 2.97 bits per heavy atom. The maximum atomic E-state index is 13.3. The van der Waals surface area contributed by atoms with Crippen molar-refractivity contribution < 1.29 is 13.9 Å². The van der Waals surface area contributed by atoms with Crippen LogP contribution >= 0.6 is 0 Å². The van der Waals surface area contributed by atoms with Gasteiger partial charge in [0.25, 0.3) is 0 Å². The van der Waals surface area contributed by atoms with Crippen molar-refractivity contribution in [3.8, 4) is 5.75 Å². The summed E-state index contributed by atoms with van der Waals surface area (Å²) in [7, 11) is 1.94. The average molecular weight is 447 g/mol. The number of hydrogen-bond acceptors (Lipinski definition) is 5. The number of benzene rings is 2. The third-order valence-corrected chi connectivity index (χ3v) is 5.97. The number of rotatable bonds is 7. The molecule has 1 unspecified atom stereocenters. The maximum Gasteiger partial charge on any atom is 0.126 e. The summed E-state index contributed by atoms with van der Waals surface area (Å²) in [6.45, 7) is 3.68. The second kappa shape index (κ2) is 9.68. The highest BCUT2D eigenvalue weighted by Gasteiger charge is 2.25. The van der Waals surface area contributed by atoms with Crippen LogP contribution in [0.3, 0.4) is 0 Å². The molecule has 0 amide bonds. The molecule has 5 rings (SSSR count). The van der Waals surface area contributed by atoms with Crippen molar-refractivity contribution in [1.82, 2.24) is 19.7 Å². The Labute approximate surface area is 192 Å². The molecule has 1 aliphatic heterocycles. The molecule has 0 radical (unpaired) electrons. The molecule has 4 aromatic rings. The Morgan fingerprint density at radius 2 is 2.06 bits per heavy atom. The Hall–Kier alpha value is -3.29. The van der Waals surface area contributed by atoms with Gasteiger partial charge in [-0.3, -0.25) is 14.6 Å². The van der Waals surface area contributed by atoms with Gasteiger partial charge in [-0.05, 0) is 42.0 Å². The van der Waals surface area contributed by atoms with Gasteiger partial charge >= 0.3 is 0 Å². The molecule has 0 bridgehead atoms. The number of fused-ring (bicyclic) bond motifs is 1. The van der Waals surface area contributed by atoms with Gasteiger partial charge in [-0.15, -0.1) is 0 Å². The van der Waals surface area contributed by atoms with Crippen LogP contribution in [0.25, 0.3) is 10.9 Å². The molecule has 0 saturated carbocycles. The van der Waals surface area contributed by atoms with Crippen LogP contribution in [0.2, 0.25) is 0 Å². The van der Waals surface area contributed by atoms with E-state index in [0.717, 1.165) is 41.9 Å². The zero-order valence-electron chi connectivity index (χ0n) is 18.7. The average Bonchev–Trinajstić information content (AvgIpc) is 3.20.